The van der Waals surface area contributed by atoms with Crippen molar-refractivity contribution in [3.8, 4) is 11.8 Å². The van der Waals surface area contributed by atoms with Gasteiger partial charge in [-0.2, -0.15) is 0 Å². The minimum absolute atomic E-state index is 0.141. The van der Waals surface area contributed by atoms with Crippen molar-refractivity contribution in [1.29, 1.82) is 0 Å². The summed E-state index contributed by atoms with van der Waals surface area (Å²) in [4.78, 5) is 11.9. The fourth-order valence-electron chi connectivity index (χ4n) is 1.55. The number of halogens is 1. The molecule has 0 aliphatic rings. The van der Waals surface area contributed by atoms with Crippen molar-refractivity contribution in [3.05, 3.63) is 35.1 Å². The molecule has 2 N–H and O–H groups in total. The van der Waals surface area contributed by atoms with Gasteiger partial charge in [0.1, 0.15) is 12.4 Å². The molecule has 20 heavy (non-hydrogen) atoms. The van der Waals surface area contributed by atoms with Gasteiger partial charge < -0.3 is 10.4 Å². The van der Waals surface area contributed by atoms with Crippen LogP contribution in [0, 0.1) is 23.1 Å². The summed E-state index contributed by atoms with van der Waals surface area (Å²) >= 11 is 0. The molecule has 3 nitrogen and oxygen atoms in total. The third kappa shape index (κ3) is 5.41. The second kappa shape index (κ2) is 7.06. The minimum atomic E-state index is -0.561. The van der Waals surface area contributed by atoms with Gasteiger partial charge in [-0.3, -0.25) is 4.79 Å². The molecule has 0 aliphatic carbocycles. The highest BCUT2D eigenvalue weighted by molar-refractivity contribution is 5.94. The second-order valence-electron chi connectivity index (χ2n) is 5.72. The summed E-state index contributed by atoms with van der Waals surface area (Å²) in [6.45, 7) is 6.50. The Labute approximate surface area is 119 Å². The van der Waals surface area contributed by atoms with E-state index in [0.29, 0.717) is 6.54 Å². The Morgan fingerprint density at radius 2 is 2.10 bits per heavy atom. The molecule has 0 saturated carbocycles. The molecular weight excluding hydrogens is 257 g/mol. The lowest BCUT2D eigenvalue weighted by Crippen LogP contribution is -2.27. The van der Waals surface area contributed by atoms with Crippen molar-refractivity contribution in [2.75, 3.05) is 13.2 Å². The van der Waals surface area contributed by atoms with Crippen LogP contribution in [-0.4, -0.2) is 24.2 Å². The Hall–Kier alpha value is -1.86. The molecule has 0 fully saturated rings. The first-order valence-electron chi connectivity index (χ1n) is 6.51. The van der Waals surface area contributed by atoms with Crippen molar-refractivity contribution in [2.24, 2.45) is 5.41 Å². The average Bonchev–Trinajstić information content (AvgIpc) is 2.35. The van der Waals surface area contributed by atoms with Gasteiger partial charge in [0, 0.05) is 12.1 Å². The van der Waals surface area contributed by atoms with Gasteiger partial charge in [-0.15, -0.1) is 0 Å². The monoisotopic (exact) mass is 277 g/mol. The van der Waals surface area contributed by atoms with Gasteiger partial charge in [-0.1, -0.05) is 32.6 Å². The summed E-state index contributed by atoms with van der Waals surface area (Å²) in [6.07, 6.45) is 0.848. The van der Waals surface area contributed by atoms with E-state index < -0.39 is 5.82 Å². The number of aliphatic hydroxyl groups excluding tert-OH is 1. The topological polar surface area (TPSA) is 49.3 Å². The molecule has 4 heteroatoms. The molecule has 1 rings (SSSR count). The SMILES string of the molecule is CC(C)(C)CCNC(=O)c1ccc(C#CCO)c(F)c1. The Morgan fingerprint density at radius 3 is 2.65 bits per heavy atom. The van der Waals surface area contributed by atoms with Gasteiger partial charge in [0.2, 0.25) is 0 Å². The number of amides is 1. The molecule has 0 atom stereocenters. The van der Waals surface area contributed by atoms with Gasteiger partial charge in [-0.05, 0) is 30.0 Å². The molecule has 0 aromatic heterocycles. The molecule has 0 radical (unpaired) electrons. The van der Waals surface area contributed by atoms with Gasteiger partial charge >= 0.3 is 0 Å². The fourth-order valence-corrected chi connectivity index (χ4v) is 1.55. The molecule has 0 spiro atoms. The maximum atomic E-state index is 13.7. The summed E-state index contributed by atoms with van der Waals surface area (Å²) in [7, 11) is 0. The van der Waals surface area contributed by atoms with Crippen LogP contribution in [-0.2, 0) is 0 Å². The van der Waals surface area contributed by atoms with E-state index in [9.17, 15) is 9.18 Å². The Bertz CT molecular complexity index is 536. The van der Waals surface area contributed by atoms with Crippen LogP contribution in [0.1, 0.15) is 43.1 Å². The normalized spacial score (nSPS) is 10.7. The lowest BCUT2D eigenvalue weighted by molar-refractivity contribution is 0.0949. The molecule has 0 aliphatic heterocycles. The Kier molecular flexibility index (Phi) is 5.72. The summed E-state index contributed by atoms with van der Waals surface area (Å²) in [5, 5.41) is 11.3. The zero-order valence-corrected chi connectivity index (χ0v) is 12.1. The highest BCUT2D eigenvalue weighted by Gasteiger charge is 2.12. The van der Waals surface area contributed by atoms with Crippen LogP contribution in [0.25, 0.3) is 0 Å². The van der Waals surface area contributed by atoms with Crippen LogP contribution < -0.4 is 5.32 Å². The van der Waals surface area contributed by atoms with Crippen LogP contribution in [0.5, 0.6) is 0 Å². The van der Waals surface area contributed by atoms with E-state index in [2.05, 4.69) is 37.9 Å². The maximum absolute atomic E-state index is 13.7. The number of hydrogen-bond acceptors (Lipinski definition) is 2. The Morgan fingerprint density at radius 1 is 1.40 bits per heavy atom. The Balaban J connectivity index is 2.68. The van der Waals surface area contributed by atoms with Gasteiger partial charge in [0.15, 0.2) is 0 Å². The lowest BCUT2D eigenvalue weighted by Gasteiger charge is -2.18. The largest absolute Gasteiger partial charge is 0.384 e. The van der Waals surface area contributed by atoms with Crippen LogP contribution in [0.15, 0.2) is 18.2 Å². The number of aliphatic hydroxyl groups is 1. The van der Waals surface area contributed by atoms with Crippen LogP contribution in [0.3, 0.4) is 0 Å². The highest BCUT2D eigenvalue weighted by Crippen LogP contribution is 2.17. The predicted octanol–water partition coefficient (Wildman–Crippen LogP) is 2.34. The molecular formula is C16H20FNO2. The minimum Gasteiger partial charge on any atom is -0.384 e. The summed E-state index contributed by atoms with van der Waals surface area (Å²) in [6, 6.07) is 4.13. The van der Waals surface area contributed by atoms with Gasteiger partial charge in [0.05, 0.1) is 5.56 Å². The molecule has 0 saturated heterocycles. The predicted molar refractivity (Wildman–Crippen MR) is 76.8 cm³/mol. The van der Waals surface area contributed by atoms with Crippen LogP contribution in [0.4, 0.5) is 4.39 Å². The number of nitrogens with one attached hydrogen (secondary N) is 1. The second-order valence-corrected chi connectivity index (χ2v) is 5.72. The third-order valence-electron chi connectivity index (χ3n) is 2.69. The smallest absolute Gasteiger partial charge is 0.251 e. The quantitative estimate of drug-likeness (QED) is 0.833. The van der Waals surface area contributed by atoms with Crippen molar-refractivity contribution >= 4 is 5.91 Å². The molecule has 1 aromatic carbocycles. The zero-order valence-electron chi connectivity index (χ0n) is 12.1. The fraction of sp³-hybridized carbons (Fsp3) is 0.438. The zero-order chi connectivity index (χ0) is 15.2. The van der Waals surface area contributed by atoms with E-state index >= 15 is 0 Å². The van der Waals surface area contributed by atoms with E-state index in [1.54, 1.807) is 0 Å². The highest BCUT2D eigenvalue weighted by atomic mass is 19.1. The first-order valence-corrected chi connectivity index (χ1v) is 6.51. The van der Waals surface area contributed by atoms with Gasteiger partial charge in [-0.25, -0.2) is 4.39 Å². The van der Waals surface area contributed by atoms with Crippen molar-refractivity contribution in [3.63, 3.8) is 0 Å². The van der Waals surface area contributed by atoms with Gasteiger partial charge in [0.25, 0.3) is 5.91 Å². The summed E-state index contributed by atoms with van der Waals surface area (Å²) in [5.41, 5.74) is 0.582. The number of hydrogen-bond donors (Lipinski definition) is 2. The molecule has 0 unspecified atom stereocenters. The van der Waals surface area contributed by atoms with Crippen molar-refractivity contribution in [2.45, 2.75) is 27.2 Å². The number of carbonyl (C=O) groups is 1. The number of rotatable bonds is 3. The summed E-state index contributed by atoms with van der Waals surface area (Å²) in [5.74, 6) is 4.00. The van der Waals surface area contributed by atoms with E-state index in [1.165, 1.54) is 12.1 Å². The third-order valence-corrected chi connectivity index (χ3v) is 2.69. The summed E-state index contributed by atoms with van der Waals surface area (Å²) < 4.78 is 13.7. The lowest BCUT2D eigenvalue weighted by atomic mass is 9.92. The molecule has 1 aromatic rings. The molecule has 108 valence electrons. The van der Waals surface area contributed by atoms with E-state index in [1.807, 2.05) is 0 Å². The van der Waals surface area contributed by atoms with Crippen LogP contribution >= 0.6 is 0 Å². The first kappa shape index (κ1) is 16.2. The van der Waals surface area contributed by atoms with E-state index in [4.69, 9.17) is 5.11 Å². The first-order chi connectivity index (χ1) is 9.33. The van der Waals surface area contributed by atoms with Crippen molar-refractivity contribution in [1.82, 2.24) is 5.32 Å². The molecule has 0 heterocycles. The number of benzene rings is 1. The maximum Gasteiger partial charge on any atom is 0.251 e. The average molecular weight is 277 g/mol. The van der Waals surface area contributed by atoms with Crippen molar-refractivity contribution < 1.29 is 14.3 Å². The van der Waals surface area contributed by atoms with E-state index in [0.717, 1.165) is 12.5 Å². The molecule has 1 amide bonds. The standard InChI is InChI=1S/C16H20FNO2/c1-16(2,3)8-9-18-15(20)13-7-6-12(5-4-10-19)14(17)11-13/h6-7,11,19H,8-10H2,1-3H3,(H,18,20). The number of carbonyl (C=O) groups excluding carboxylic acids is 1. The van der Waals surface area contributed by atoms with E-state index in [-0.39, 0.29) is 29.1 Å². The van der Waals surface area contributed by atoms with Crippen LogP contribution in [0.2, 0.25) is 0 Å². The molecule has 0 bridgehead atoms.